The Kier molecular flexibility index (Phi) is 4.54. The lowest BCUT2D eigenvalue weighted by Gasteiger charge is -2.14. The number of furan rings is 1. The molecule has 1 aliphatic heterocycles. The number of imidazole rings is 1. The van der Waals surface area contributed by atoms with E-state index in [4.69, 9.17) is 4.42 Å². The number of benzene rings is 1. The molecule has 2 aliphatic rings. The Morgan fingerprint density at radius 1 is 1.06 bits per heavy atom. The Labute approximate surface area is 200 Å². The summed E-state index contributed by atoms with van der Waals surface area (Å²) >= 11 is 0. The Balaban J connectivity index is 1.24. The molecule has 1 fully saturated rings. The van der Waals surface area contributed by atoms with Crippen LogP contribution in [-0.4, -0.2) is 35.2 Å². The Hall–Kier alpha value is -4.27. The average molecular weight is 466 g/mol. The second-order valence-electron chi connectivity index (χ2n) is 9.17. The summed E-state index contributed by atoms with van der Waals surface area (Å²) in [4.78, 5) is 22.7. The first-order valence-corrected chi connectivity index (χ1v) is 12.0. The van der Waals surface area contributed by atoms with Gasteiger partial charge >= 0.3 is 0 Å². The Morgan fingerprint density at radius 2 is 1.97 bits per heavy atom. The molecule has 1 aromatic carbocycles. The number of hydrogen-bond donors (Lipinski definition) is 1. The molecule has 0 saturated heterocycles. The highest BCUT2D eigenvalue weighted by molar-refractivity contribution is 6.09. The number of hydrogen-bond acceptors (Lipinski definition) is 6. The molecule has 35 heavy (non-hydrogen) atoms. The standard InChI is InChI=1S/C26H23N7O2/c34-26(29-21-9-5-7-18(28-21)25-31-30-22-10-3-4-13-33(22)25)24-23(17-6-1-2-8-20(17)35-24)32-14-19(27-15-32)16-11-12-16/h1-2,5-9,14-16H,3-4,10-13H2,(H,28,29,34). The van der Waals surface area contributed by atoms with Crippen molar-refractivity contribution in [3.05, 3.63) is 72.3 Å². The smallest absolute Gasteiger partial charge is 0.294 e. The van der Waals surface area contributed by atoms with E-state index in [1.165, 1.54) is 0 Å². The Bertz CT molecular complexity index is 1570. The first kappa shape index (κ1) is 20.1. The van der Waals surface area contributed by atoms with E-state index in [1.54, 1.807) is 12.4 Å². The molecule has 0 bridgehead atoms. The van der Waals surface area contributed by atoms with Crippen molar-refractivity contribution in [2.45, 2.75) is 44.6 Å². The van der Waals surface area contributed by atoms with Crippen molar-refractivity contribution >= 4 is 22.7 Å². The van der Waals surface area contributed by atoms with Gasteiger partial charge in [-0.05, 0) is 49.9 Å². The van der Waals surface area contributed by atoms with E-state index in [9.17, 15) is 4.79 Å². The van der Waals surface area contributed by atoms with Crippen LogP contribution >= 0.6 is 0 Å². The molecule has 174 valence electrons. The number of rotatable bonds is 5. The molecule has 5 aromatic rings. The lowest BCUT2D eigenvalue weighted by atomic mass is 10.1. The summed E-state index contributed by atoms with van der Waals surface area (Å²) in [6.45, 7) is 0.881. The molecule has 1 amide bonds. The molecular formula is C26H23N7O2. The van der Waals surface area contributed by atoms with Crippen LogP contribution in [0.1, 0.15) is 53.7 Å². The predicted molar refractivity (Wildman–Crippen MR) is 129 cm³/mol. The van der Waals surface area contributed by atoms with Gasteiger partial charge in [0.15, 0.2) is 5.82 Å². The van der Waals surface area contributed by atoms with E-state index in [1.807, 2.05) is 47.2 Å². The van der Waals surface area contributed by atoms with Gasteiger partial charge in [0.25, 0.3) is 5.91 Å². The zero-order chi connectivity index (χ0) is 23.4. The van der Waals surface area contributed by atoms with E-state index < -0.39 is 0 Å². The van der Waals surface area contributed by atoms with Crippen molar-refractivity contribution in [2.75, 3.05) is 5.32 Å². The van der Waals surface area contributed by atoms with Crippen molar-refractivity contribution < 1.29 is 9.21 Å². The van der Waals surface area contributed by atoms with Crippen LogP contribution in [0.15, 0.2) is 59.4 Å². The van der Waals surface area contributed by atoms with E-state index in [-0.39, 0.29) is 11.7 Å². The van der Waals surface area contributed by atoms with Crippen LogP contribution in [0.4, 0.5) is 5.82 Å². The highest BCUT2D eigenvalue weighted by Crippen LogP contribution is 2.40. The fourth-order valence-electron chi connectivity index (χ4n) is 4.79. The van der Waals surface area contributed by atoms with Crippen LogP contribution in [0.2, 0.25) is 0 Å². The third-order valence-corrected chi connectivity index (χ3v) is 6.71. The summed E-state index contributed by atoms with van der Waals surface area (Å²) < 4.78 is 10.0. The van der Waals surface area contributed by atoms with Gasteiger partial charge in [-0.3, -0.25) is 4.79 Å². The third kappa shape index (κ3) is 3.51. The predicted octanol–water partition coefficient (Wildman–Crippen LogP) is 4.74. The molecule has 7 rings (SSSR count). The third-order valence-electron chi connectivity index (χ3n) is 6.71. The number of amides is 1. The van der Waals surface area contributed by atoms with Gasteiger partial charge in [0.1, 0.15) is 28.6 Å². The number of carbonyl (C=O) groups excluding carboxylic acids is 1. The second kappa shape index (κ2) is 7.90. The molecule has 0 atom stereocenters. The van der Waals surface area contributed by atoms with Crippen LogP contribution < -0.4 is 5.32 Å². The summed E-state index contributed by atoms with van der Waals surface area (Å²) in [5.74, 6) is 2.51. The number of carbonyl (C=O) groups is 1. The number of anilines is 1. The molecule has 0 spiro atoms. The van der Waals surface area contributed by atoms with Gasteiger partial charge in [-0.1, -0.05) is 18.2 Å². The molecule has 9 nitrogen and oxygen atoms in total. The van der Waals surface area contributed by atoms with Crippen LogP contribution in [0.25, 0.3) is 28.2 Å². The summed E-state index contributed by atoms with van der Waals surface area (Å²) in [6, 6.07) is 13.2. The normalized spacial score (nSPS) is 15.3. The van der Waals surface area contributed by atoms with Gasteiger partial charge in [-0.15, -0.1) is 10.2 Å². The quantitative estimate of drug-likeness (QED) is 0.402. The van der Waals surface area contributed by atoms with Gasteiger partial charge in [0, 0.05) is 30.5 Å². The van der Waals surface area contributed by atoms with E-state index in [0.29, 0.717) is 28.7 Å². The van der Waals surface area contributed by atoms with Crippen molar-refractivity contribution in [3.63, 3.8) is 0 Å². The number of fused-ring (bicyclic) bond motifs is 2. The maximum absolute atomic E-state index is 13.4. The SMILES string of the molecule is O=C(Nc1cccc(-c2nnc3n2CCCC3)n1)c1oc2ccccc2c1-n1cnc(C2CC2)c1. The highest BCUT2D eigenvalue weighted by atomic mass is 16.3. The van der Waals surface area contributed by atoms with Crippen LogP contribution in [-0.2, 0) is 13.0 Å². The molecule has 1 aliphatic carbocycles. The number of para-hydroxylation sites is 1. The Morgan fingerprint density at radius 3 is 2.89 bits per heavy atom. The minimum absolute atomic E-state index is 0.220. The molecule has 0 unspecified atom stereocenters. The van der Waals surface area contributed by atoms with Crippen molar-refractivity contribution in [1.82, 2.24) is 29.3 Å². The van der Waals surface area contributed by atoms with Crippen LogP contribution in [0, 0.1) is 0 Å². The lowest BCUT2D eigenvalue weighted by Crippen LogP contribution is -2.15. The van der Waals surface area contributed by atoms with E-state index in [0.717, 1.165) is 61.4 Å². The molecule has 1 N–H and O–H groups in total. The number of aromatic nitrogens is 6. The van der Waals surface area contributed by atoms with Crippen molar-refractivity contribution in [2.24, 2.45) is 0 Å². The molecule has 1 saturated carbocycles. The largest absolute Gasteiger partial charge is 0.449 e. The first-order chi connectivity index (χ1) is 17.2. The van der Waals surface area contributed by atoms with Crippen molar-refractivity contribution in [3.8, 4) is 17.2 Å². The number of aryl methyl sites for hydroxylation is 1. The van der Waals surface area contributed by atoms with Gasteiger partial charge in [-0.25, -0.2) is 9.97 Å². The van der Waals surface area contributed by atoms with E-state index in [2.05, 4.69) is 30.0 Å². The zero-order valence-corrected chi connectivity index (χ0v) is 19.0. The molecule has 9 heteroatoms. The fraction of sp³-hybridized carbons (Fsp3) is 0.269. The maximum Gasteiger partial charge on any atom is 0.294 e. The lowest BCUT2D eigenvalue weighted by molar-refractivity contribution is 0.0998. The summed E-state index contributed by atoms with van der Waals surface area (Å²) in [6.07, 6.45) is 9.23. The van der Waals surface area contributed by atoms with Crippen molar-refractivity contribution in [1.29, 1.82) is 0 Å². The maximum atomic E-state index is 13.4. The van der Waals surface area contributed by atoms with Crippen LogP contribution in [0.3, 0.4) is 0 Å². The van der Waals surface area contributed by atoms with Gasteiger partial charge < -0.3 is 18.9 Å². The van der Waals surface area contributed by atoms with Gasteiger partial charge in [-0.2, -0.15) is 0 Å². The minimum atomic E-state index is -0.370. The molecule has 0 radical (unpaired) electrons. The average Bonchev–Trinajstić information content (AvgIpc) is 3.29. The van der Waals surface area contributed by atoms with Crippen LogP contribution in [0.5, 0.6) is 0 Å². The van der Waals surface area contributed by atoms with Gasteiger partial charge in [0.05, 0.1) is 12.0 Å². The summed E-state index contributed by atoms with van der Waals surface area (Å²) in [7, 11) is 0. The van der Waals surface area contributed by atoms with E-state index >= 15 is 0 Å². The molecule has 4 aromatic heterocycles. The fourth-order valence-corrected chi connectivity index (χ4v) is 4.79. The number of pyridine rings is 1. The molecule has 5 heterocycles. The monoisotopic (exact) mass is 465 g/mol. The number of nitrogens with one attached hydrogen (secondary N) is 1. The minimum Gasteiger partial charge on any atom is -0.449 e. The summed E-state index contributed by atoms with van der Waals surface area (Å²) in [5, 5.41) is 12.5. The highest BCUT2D eigenvalue weighted by Gasteiger charge is 2.28. The topological polar surface area (TPSA) is 104 Å². The second-order valence-corrected chi connectivity index (χ2v) is 9.17. The van der Waals surface area contributed by atoms with Gasteiger partial charge in [0.2, 0.25) is 5.76 Å². The zero-order valence-electron chi connectivity index (χ0n) is 19.0. The number of nitrogens with zero attached hydrogens (tertiary/aromatic N) is 6. The summed E-state index contributed by atoms with van der Waals surface area (Å²) in [5.41, 5.74) is 3.05. The molecular weight excluding hydrogens is 442 g/mol. The first-order valence-electron chi connectivity index (χ1n) is 12.0.